The number of fused-ring (bicyclic) bond motifs is 1. The monoisotopic (exact) mass is 393 g/mol. The van der Waals surface area contributed by atoms with Crippen LogP contribution >= 0.6 is 0 Å². The number of ether oxygens (including phenoxy) is 3. The molecule has 0 radical (unpaired) electrons. The molecular weight excluding hydrogens is 370 g/mol. The molecule has 1 amide bonds. The Kier molecular flexibility index (Phi) is 5.25. The molecule has 3 aliphatic rings. The van der Waals surface area contributed by atoms with Crippen LogP contribution in [0.2, 0.25) is 0 Å². The van der Waals surface area contributed by atoms with Crippen molar-refractivity contribution < 1.29 is 23.8 Å². The molecule has 2 aliphatic carbocycles. The van der Waals surface area contributed by atoms with Crippen LogP contribution in [0.25, 0.3) is 0 Å². The van der Waals surface area contributed by atoms with Gasteiger partial charge in [0.2, 0.25) is 5.76 Å². The minimum Gasteiger partial charge on any atom is -0.464 e. The van der Waals surface area contributed by atoms with E-state index in [1.165, 1.54) is 12.5 Å². The third-order valence-corrected chi connectivity index (χ3v) is 5.26. The van der Waals surface area contributed by atoms with Gasteiger partial charge < -0.3 is 19.5 Å². The van der Waals surface area contributed by atoms with Gasteiger partial charge in [-0.15, -0.1) is 0 Å². The molecular formula is C23H23NO5. The Morgan fingerprint density at radius 2 is 1.90 bits per heavy atom. The molecule has 4 rings (SSSR count). The third-order valence-electron chi connectivity index (χ3n) is 5.26. The van der Waals surface area contributed by atoms with Gasteiger partial charge in [0.05, 0.1) is 6.61 Å². The molecule has 0 unspecified atom stereocenters. The quantitative estimate of drug-likeness (QED) is 0.778. The molecule has 0 saturated heterocycles. The van der Waals surface area contributed by atoms with Crippen LogP contribution in [0, 0.1) is 0 Å². The summed E-state index contributed by atoms with van der Waals surface area (Å²) in [6.45, 7) is 1.99. The van der Waals surface area contributed by atoms with E-state index in [0.29, 0.717) is 18.6 Å². The molecule has 6 heteroatoms. The lowest BCUT2D eigenvalue weighted by molar-refractivity contribution is -0.152. The summed E-state index contributed by atoms with van der Waals surface area (Å²) < 4.78 is 16.4. The molecule has 1 aliphatic heterocycles. The first-order valence-corrected chi connectivity index (χ1v) is 9.77. The van der Waals surface area contributed by atoms with E-state index in [1.54, 1.807) is 6.92 Å². The zero-order valence-electron chi connectivity index (χ0n) is 16.3. The van der Waals surface area contributed by atoms with Crippen molar-refractivity contribution in [3.8, 4) is 0 Å². The van der Waals surface area contributed by atoms with E-state index >= 15 is 0 Å². The van der Waals surface area contributed by atoms with Crippen molar-refractivity contribution in [2.45, 2.75) is 38.1 Å². The lowest BCUT2D eigenvalue weighted by atomic mass is 9.95. The summed E-state index contributed by atoms with van der Waals surface area (Å²) in [6, 6.07) is 7.76. The summed E-state index contributed by atoms with van der Waals surface area (Å²) in [6.07, 6.45) is 11.3. The number of carbonyl (C=O) groups excluding carboxylic acids is 2. The Balaban J connectivity index is 1.48. The highest BCUT2D eigenvalue weighted by atomic mass is 16.5. The van der Waals surface area contributed by atoms with Crippen LogP contribution < -0.4 is 5.32 Å². The van der Waals surface area contributed by atoms with Gasteiger partial charge in [-0.25, -0.2) is 4.79 Å². The fourth-order valence-electron chi connectivity index (χ4n) is 3.80. The zero-order valence-corrected chi connectivity index (χ0v) is 16.3. The van der Waals surface area contributed by atoms with Crippen LogP contribution in [0.1, 0.15) is 30.9 Å². The van der Waals surface area contributed by atoms with Crippen molar-refractivity contribution in [1.29, 1.82) is 0 Å². The minimum absolute atomic E-state index is 0.000307. The third kappa shape index (κ3) is 3.83. The lowest BCUT2D eigenvalue weighted by Crippen LogP contribution is -2.56. The summed E-state index contributed by atoms with van der Waals surface area (Å²) in [5.41, 5.74) is 1.91. The van der Waals surface area contributed by atoms with Gasteiger partial charge in [-0.05, 0) is 36.5 Å². The Morgan fingerprint density at radius 1 is 1.14 bits per heavy atom. The summed E-state index contributed by atoms with van der Waals surface area (Å²) in [4.78, 5) is 25.6. The SMILES string of the molecule is CCOC(=O)C1(NC(=O)C2=COC(C3=CC=CCC3)=CO2)Cc2ccccc2C1. The van der Waals surface area contributed by atoms with Crippen molar-refractivity contribution in [1.82, 2.24) is 5.32 Å². The summed E-state index contributed by atoms with van der Waals surface area (Å²) >= 11 is 0. The second-order valence-electron chi connectivity index (χ2n) is 7.24. The topological polar surface area (TPSA) is 73.9 Å². The number of carbonyl (C=O) groups is 2. The Labute approximate surface area is 169 Å². The van der Waals surface area contributed by atoms with E-state index in [4.69, 9.17) is 14.2 Å². The second kappa shape index (κ2) is 7.99. The average molecular weight is 393 g/mol. The summed E-state index contributed by atoms with van der Waals surface area (Å²) in [7, 11) is 0. The smallest absolute Gasteiger partial charge is 0.332 e. The van der Waals surface area contributed by atoms with Crippen LogP contribution in [0.4, 0.5) is 0 Å². The van der Waals surface area contributed by atoms with Gasteiger partial charge in [-0.3, -0.25) is 4.79 Å². The van der Waals surface area contributed by atoms with Crippen LogP contribution in [0.5, 0.6) is 0 Å². The molecule has 1 aromatic rings. The molecule has 0 saturated carbocycles. The van der Waals surface area contributed by atoms with E-state index in [-0.39, 0.29) is 12.4 Å². The highest BCUT2D eigenvalue weighted by Gasteiger charge is 2.47. The fraction of sp³-hybridized carbons (Fsp3) is 0.304. The summed E-state index contributed by atoms with van der Waals surface area (Å²) in [5, 5.41) is 2.85. The fourth-order valence-corrected chi connectivity index (χ4v) is 3.80. The van der Waals surface area contributed by atoms with Crippen LogP contribution in [-0.4, -0.2) is 24.0 Å². The molecule has 0 atom stereocenters. The highest BCUT2D eigenvalue weighted by Crippen LogP contribution is 2.32. The number of amides is 1. The Morgan fingerprint density at radius 3 is 2.48 bits per heavy atom. The van der Waals surface area contributed by atoms with Crippen LogP contribution in [-0.2, 0) is 36.6 Å². The first-order valence-electron chi connectivity index (χ1n) is 9.77. The maximum Gasteiger partial charge on any atom is 0.332 e. The number of rotatable bonds is 5. The molecule has 0 fully saturated rings. The van der Waals surface area contributed by atoms with Gasteiger partial charge in [0, 0.05) is 12.8 Å². The van der Waals surface area contributed by atoms with E-state index in [9.17, 15) is 9.59 Å². The summed E-state index contributed by atoms with van der Waals surface area (Å²) in [5.74, 6) is -0.379. The molecule has 0 aromatic heterocycles. The van der Waals surface area contributed by atoms with Gasteiger partial charge in [-0.2, -0.15) is 0 Å². The average Bonchev–Trinajstić information content (AvgIpc) is 3.14. The van der Waals surface area contributed by atoms with E-state index in [2.05, 4.69) is 11.4 Å². The minimum atomic E-state index is -1.15. The molecule has 0 spiro atoms. The number of benzene rings is 1. The predicted molar refractivity (Wildman–Crippen MR) is 106 cm³/mol. The number of hydrogen-bond donors (Lipinski definition) is 1. The van der Waals surface area contributed by atoms with Gasteiger partial charge >= 0.3 is 5.97 Å². The molecule has 1 N–H and O–H groups in total. The standard InChI is InChI=1S/C23H23NO5/c1-2-27-22(26)23(12-17-10-6-7-11-18(17)13-23)24-21(25)20-15-28-19(14-29-20)16-8-4-3-5-9-16/h3-4,6-8,10-11,14-15H,2,5,9,12-13H2,1H3,(H,24,25). The molecule has 6 nitrogen and oxygen atoms in total. The van der Waals surface area contributed by atoms with E-state index < -0.39 is 17.4 Å². The van der Waals surface area contributed by atoms with Crippen molar-refractivity contribution in [3.63, 3.8) is 0 Å². The normalized spacial score (nSPS) is 19.0. The molecule has 150 valence electrons. The number of allylic oxidation sites excluding steroid dienone is 4. The largest absolute Gasteiger partial charge is 0.464 e. The molecule has 1 aromatic carbocycles. The Bertz CT molecular complexity index is 929. The van der Waals surface area contributed by atoms with E-state index in [1.807, 2.05) is 36.4 Å². The van der Waals surface area contributed by atoms with Crippen LogP contribution in [0.3, 0.4) is 0 Å². The number of esters is 1. The predicted octanol–water partition coefficient (Wildman–Crippen LogP) is 3.21. The molecule has 29 heavy (non-hydrogen) atoms. The van der Waals surface area contributed by atoms with Crippen molar-refractivity contribution in [2.24, 2.45) is 0 Å². The maximum atomic E-state index is 12.9. The van der Waals surface area contributed by atoms with Gasteiger partial charge in [-0.1, -0.05) is 42.5 Å². The lowest BCUT2D eigenvalue weighted by Gasteiger charge is -2.28. The van der Waals surface area contributed by atoms with Gasteiger partial charge in [0.15, 0.2) is 5.76 Å². The van der Waals surface area contributed by atoms with Gasteiger partial charge in [0.25, 0.3) is 5.91 Å². The first-order chi connectivity index (χ1) is 14.1. The van der Waals surface area contributed by atoms with Crippen molar-refractivity contribution >= 4 is 11.9 Å². The number of nitrogens with one attached hydrogen (secondary N) is 1. The van der Waals surface area contributed by atoms with Crippen LogP contribution in [0.15, 0.2) is 72.1 Å². The van der Waals surface area contributed by atoms with Crippen molar-refractivity contribution in [2.75, 3.05) is 6.61 Å². The number of hydrogen-bond acceptors (Lipinski definition) is 5. The Hall–Kier alpha value is -3.28. The maximum absolute atomic E-state index is 12.9. The molecule has 1 heterocycles. The van der Waals surface area contributed by atoms with Crippen molar-refractivity contribution in [3.05, 3.63) is 83.2 Å². The van der Waals surface area contributed by atoms with E-state index in [0.717, 1.165) is 29.5 Å². The second-order valence-corrected chi connectivity index (χ2v) is 7.24. The molecule has 0 bridgehead atoms. The van der Waals surface area contributed by atoms with Gasteiger partial charge in [0.1, 0.15) is 18.1 Å². The highest BCUT2D eigenvalue weighted by molar-refractivity contribution is 5.97. The first kappa shape index (κ1) is 19.1. The zero-order chi connectivity index (χ0) is 20.3.